The number of carbonyl (C=O) groups excluding carboxylic acids is 1. The quantitative estimate of drug-likeness (QED) is 0.783. The molecule has 2 aliphatic carbocycles. The maximum atomic E-state index is 12.0. The van der Waals surface area contributed by atoms with Crippen LogP contribution < -0.4 is 10.6 Å². The van der Waals surface area contributed by atoms with Crippen molar-refractivity contribution >= 4 is 5.91 Å². The molecule has 0 aromatic rings. The first-order chi connectivity index (χ1) is 8.67. The van der Waals surface area contributed by atoms with Gasteiger partial charge in [0.15, 0.2) is 0 Å². The molecule has 4 nitrogen and oxygen atoms in total. The monoisotopic (exact) mass is 254 g/mol. The minimum absolute atomic E-state index is 0.147. The van der Waals surface area contributed by atoms with Crippen LogP contribution in [-0.4, -0.2) is 37.7 Å². The van der Waals surface area contributed by atoms with E-state index in [0.717, 1.165) is 38.5 Å². The van der Waals surface area contributed by atoms with Crippen molar-refractivity contribution in [1.29, 1.82) is 0 Å². The highest BCUT2D eigenvalue weighted by Gasteiger charge is 2.39. The van der Waals surface area contributed by atoms with Crippen molar-refractivity contribution < 1.29 is 9.53 Å². The molecule has 18 heavy (non-hydrogen) atoms. The number of ether oxygens (including phenoxy) is 1. The van der Waals surface area contributed by atoms with E-state index in [1.54, 1.807) is 7.11 Å². The molecule has 2 rings (SSSR count). The molecule has 4 heteroatoms. The molecular formula is C14H26N2O2. The first-order valence-corrected chi connectivity index (χ1v) is 7.19. The highest BCUT2D eigenvalue weighted by atomic mass is 16.5. The molecule has 1 amide bonds. The topological polar surface area (TPSA) is 50.4 Å². The van der Waals surface area contributed by atoms with Crippen molar-refractivity contribution in [2.75, 3.05) is 14.2 Å². The normalized spacial score (nSPS) is 30.6. The standard InChI is InChI=1S/C14H26N2O2/c1-15-11-4-6-12(7-5-11)16-13(17)10-14(18-2)8-3-9-14/h11-12,15H,3-10H2,1-2H3,(H,16,17). The third kappa shape index (κ3) is 3.23. The second kappa shape index (κ2) is 6.02. The van der Waals surface area contributed by atoms with Crippen LogP contribution in [0.4, 0.5) is 0 Å². The molecule has 0 atom stereocenters. The third-order valence-corrected chi connectivity index (χ3v) is 4.68. The molecule has 0 aromatic heterocycles. The van der Waals surface area contributed by atoms with E-state index in [2.05, 4.69) is 10.6 Å². The number of nitrogens with one attached hydrogen (secondary N) is 2. The minimum atomic E-state index is -0.147. The Balaban J connectivity index is 1.71. The highest BCUT2D eigenvalue weighted by Crippen LogP contribution is 2.38. The molecule has 104 valence electrons. The van der Waals surface area contributed by atoms with Gasteiger partial charge in [0.05, 0.1) is 12.0 Å². The smallest absolute Gasteiger partial charge is 0.223 e. The van der Waals surface area contributed by atoms with Gasteiger partial charge >= 0.3 is 0 Å². The Kier molecular flexibility index (Phi) is 4.62. The van der Waals surface area contributed by atoms with Crippen LogP contribution in [0.3, 0.4) is 0 Å². The first-order valence-electron chi connectivity index (χ1n) is 7.19. The van der Waals surface area contributed by atoms with Gasteiger partial charge in [0, 0.05) is 19.2 Å². The maximum Gasteiger partial charge on any atom is 0.223 e. The zero-order valence-corrected chi connectivity index (χ0v) is 11.6. The van der Waals surface area contributed by atoms with E-state index in [1.165, 1.54) is 6.42 Å². The van der Waals surface area contributed by atoms with Crippen molar-refractivity contribution in [2.45, 2.75) is 69.1 Å². The van der Waals surface area contributed by atoms with Crippen LogP contribution in [0.5, 0.6) is 0 Å². The molecule has 0 spiro atoms. The first kappa shape index (κ1) is 13.8. The molecule has 0 aromatic carbocycles. The zero-order chi connectivity index (χ0) is 13.0. The number of hydrogen-bond acceptors (Lipinski definition) is 3. The van der Waals surface area contributed by atoms with Crippen LogP contribution in [0.1, 0.15) is 51.4 Å². The number of hydrogen-bond donors (Lipinski definition) is 2. The molecule has 0 unspecified atom stereocenters. The van der Waals surface area contributed by atoms with Gasteiger partial charge in [0.1, 0.15) is 0 Å². The van der Waals surface area contributed by atoms with Gasteiger partial charge in [-0.2, -0.15) is 0 Å². The van der Waals surface area contributed by atoms with E-state index >= 15 is 0 Å². The van der Waals surface area contributed by atoms with E-state index < -0.39 is 0 Å². The summed E-state index contributed by atoms with van der Waals surface area (Å²) < 4.78 is 5.50. The van der Waals surface area contributed by atoms with Crippen LogP contribution in [0.2, 0.25) is 0 Å². The molecule has 0 heterocycles. The molecule has 2 saturated carbocycles. The van der Waals surface area contributed by atoms with Gasteiger partial charge in [-0.15, -0.1) is 0 Å². The molecule has 2 fully saturated rings. The van der Waals surface area contributed by atoms with Crippen molar-refractivity contribution in [3.8, 4) is 0 Å². The van der Waals surface area contributed by atoms with Crippen LogP contribution in [0.25, 0.3) is 0 Å². The third-order valence-electron chi connectivity index (χ3n) is 4.68. The Hall–Kier alpha value is -0.610. The van der Waals surface area contributed by atoms with E-state index in [1.807, 2.05) is 7.05 Å². The van der Waals surface area contributed by atoms with Crippen LogP contribution in [-0.2, 0) is 9.53 Å². The maximum absolute atomic E-state index is 12.0. The SMILES string of the molecule is CNC1CCC(NC(=O)CC2(OC)CCC2)CC1. The molecule has 0 radical (unpaired) electrons. The fourth-order valence-corrected chi connectivity index (χ4v) is 3.12. The summed E-state index contributed by atoms with van der Waals surface area (Å²) in [7, 11) is 3.74. The van der Waals surface area contributed by atoms with Gasteiger partial charge in [-0.3, -0.25) is 4.79 Å². The lowest BCUT2D eigenvalue weighted by atomic mass is 9.77. The van der Waals surface area contributed by atoms with E-state index in [-0.39, 0.29) is 11.5 Å². The lowest BCUT2D eigenvalue weighted by molar-refractivity contribution is -0.135. The number of amides is 1. The van der Waals surface area contributed by atoms with Crippen molar-refractivity contribution in [2.24, 2.45) is 0 Å². The van der Waals surface area contributed by atoms with E-state index in [0.29, 0.717) is 18.5 Å². The molecule has 0 saturated heterocycles. The van der Waals surface area contributed by atoms with Gasteiger partial charge in [-0.05, 0) is 52.0 Å². The van der Waals surface area contributed by atoms with Crippen molar-refractivity contribution in [3.63, 3.8) is 0 Å². The summed E-state index contributed by atoms with van der Waals surface area (Å²) in [6, 6.07) is 1.01. The second-order valence-corrected chi connectivity index (χ2v) is 5.82. The van der Waals surface area contributed by atoms with Crippen LogP contribution in [0, 0.1) is 0 Å². The second-order valence-electron chi connectivity index (χ2n) is 5.82. The summed E-state index contributed by atoms with van der Waals surface area (Å²) in [5, 5.41) is 6.49. The summed E-state index contributed by atoms with van der Waals surface area (Å²) in [5.74, 6) is 0.171. The summed E-state index contributed by atoms with van der Waals surface area (Å²) in [6.45, 7) is 0. The highest BCUT2D eigenvalue weighted by molar-refractivity contribution is 5.77. The number of carbonyl (C=O) groups is 1. The van der Waals surface area contributed by atoms with Gasteiger partial charge in [0.25, 0.3) is 0 Å². The van der Waals surface area contributed by atoms with Crippen molar-refractivity contribution in [1.82, 2.24) is 10.6 Å². The summed E-state index contributed by atoms with van der Waals surface area (Å²) in [4.78, 5) is 12.0. The Labute approximate surface area is 110 Å². The van der Waals surface area contributed by atoms with Gasteiger partial charge in [-0.25, -0.2) is 0 Å². The Morgan fingerprint density at radius 3 is 2.28 bits per heavy atom. The lowest BCUT2D eigenvalue weighted by Gasteiger charge is -2.40. The molecule has 0 bridgehead atoms. The van der Waals surface area contributed by atoms with Crippen LogP contribution in [0.15, 0.2) is 0 Å². The average Bonchev–Trinajstić information content (AvgIpc) is 2.35. The van der Waals surface area contributed by atoms with E-state index in [9.17, 15) is 4.79 Å². The predicted octanol–water partition coefficient (Wildman–Crippen LogP) is 1.59. The molecular weight excluding hydrogens is 228 g/mol. The predicted molar refractivity (Wildman–Crippen MR) is 71.5 cm³/mol. The number of methoxy groups -OCH3 is 1. The van der Waals surface area contributed by atoms with Gasteiger partial charge in [-0.1, -0.05) is 0 Å². The summed E-state index contributed by atoms with van der Waals surface area (Å²) in [5.41, 5.74) is -0.147. The lowest BCUT2D eigenvalue weighted by Crippen LogP contribution is -2.47. The Morgan fingerprint density at radius 2 is 1.83 bits per heavy atom. The summed E-state index contributed by atoms with van der Waals surface area (Å²) in [6.07, 6.45) is 8.30. The number of rotatable bonds is 5. The summed E-state index contributed by atoms with van der Waals surface area (Å²) >= 11 is 0. The minimum Gasteiger partial charge on any atom is -0.378 e. The molecule has 0 aliphatic heterocycles. The van der Waals surface area contributed by atoms with E-state index in [4.69, 9.17) is 4.74 Å². The van der Waals surface area contributed by atoms with Gasteiger partial charge < -0.3 is 15.4 Å². The van der Waals surface area contributed by atoms with Gasteiger partial charge in [0.2, 0.25) is 5.91 Å². The zero-order valence-electron chi connectivity index (χ0n) is 11.6. The Morgan fingerprint density at radius 1 is 1.22 bits per heavy atom. The average molecular weight is 254 g/mol. The Bertz CT molecular complexity index is 276. The molecule has 2 N–H and O–H groups in total. The fourth-order valence-electron chi connectivity index (χ4n) is 3.12. The van der Waals surface area contributed by atoms with Crippen LogP contribution >= 0.6 is 0 Å². The fraction of sp³-hybridized carbons (Fsp3) is 0.929. The molecule has 2 aliphatic rings. The van der Waals surface area contributed by atoms with Crippen molar-refractivity contribution in [3.05, 3.63) is 0 Å². The largest absolute Gasteiger partial charge is 0.378 e.